The Balaban J connectivity index is 2.64. The van der Waals surface area contributed by atoms with Crippen LogP contribution in [0, 0.1) is 0 Å². The van der Waals surface area contributed by atoms with Crippen molar-refractivity contribution in [3.8, 4) is 0 Å². The molecule has 1 heterocycles. The summed E-state index contributed by atoms with van der Waals surface area (Å²) in [6.45, 7) is 6.38. The lowest BCUT2D eigenvalue weighted by Crippen LogP contribution is -2.37. The van der Waals surface area contributed by atoms with Crippen LogP contribution in [-0.4, -0.2) is 42.6 Å². The van der Waals surface area contributed by atoms with Crippen LogP contribution in [0.5, 0.6) is 0 Å². The summed E-state index contributed by atoms with van der Waals surface area (Å²) in [5, 5.41) is 2.93. The van der Waals surface area contributed by atoms with Crippen molar-refractivity contribution in [2.75, 3.05) is 20.1 Å². The molecule has 0 unspecified atom stereocenters. The lowest BCUT2D eigenvalue weighted by molar-refractivity contribution is -0.124. The molecule has 0 bridgehead atoms. The van der Waals surface area contributed by atoms with Gasteiger partial charge < -0.3 is 10.1 Å². The zero-order valence-corrected chi connectivity index (χ0v) is 10.9. The first-order valence-corrected chi connectivity index (χ1v) is 5.73. The Bertz CT molecular complexity index is 342. The maximum absolute atomic E-state index is 11.9. The number of carbonyl (C=O) groups excluding carboxylic acids is 2. The highest BCUT2D eigenvalue weighted by atomic mass is 16.6. The average molecular weight is 240 g/mol. The maximum Gasteiger partial charge on any atom is 0.417 e. The number of hydrogen-bond donors (Lipinski definition) is 1. The van der Waals surface area contributed by atoms with Gasteiger partial charge in [-0.3, -0.25) is 4.79 Å². The zero-order valence-electron chi connectivity index (χ0n) is 10.9. The quantitative estimate of drug-likeness (QED) is 0.739. The molecule has 0 aromatic heterocycles. The van der Waals surface area contributed by atoms with Gasteiger partial charge in [0.25, 0.3) is 5.91 Å². The molecule has 1 N–H and O–H groups in total. The SMILES string of the molecule is CNC/C=C1/CCN(C(=O)OC(C)(C)C)C1=O. The van der Waals surface area contributed by atoms with Crippen LogP contribution in [-0.2, 0) is 9.53 Å². The second kappa shape index (κ2) is 5.31. The van der Waals surface area contributed by atoms with Crippen molar-refractivity contribution in [1.82, 2.24) is 10.2 Å². The molecule has 2 amide bonds. The first kappa shape index (κ1) is 13.7. The summed E-state index contributed by atoms with van der Waals surface area (Å²) in [5.74, 6) is -0.241. The smallest absolute Gasteiger partial charge is 0.417 e. The number of nitrogens with one attached hydrogen (secondary N) is 1. The molecule has 17 heavy (non-hydrogen) atoms. The van der Waals surface area contributed by atoms with Crippen molar-refractivity contribution >= 4 is 12.0 Å². The second-order valence-corrected chi connectivity index (χ2v) is 4.97. The van der Waals surface area contributed by atoms with E-state index in [1.807, 2.05) is 13.1 Å². The highest BCUT2D eigenvalue weighted by molar-refractivity contribution is 6.04. The number of ether oxygens (including phenoxy) is 1. The van der Waals surface area contributed by atoms with Crippen LogP contribution in [0.1, 0.15) is 27.2 Å². The standard InChI is InChI=1S/C12H20N2O3/c1-12(2,3)17-11(16)14-8-6-9(10(14)15)5-7-13-4/h5,13H,6-8H2,1-4H3/b9-5-. The van der Waals surface area contributed by atoms with Crippen molar-refractivity contribution in [1.29, 1.82) is 0 Å². The van der Waals surface area contributed by atoms with Crippen LogP contribution in [0.4, 0.5) is 4.79 Å². The second-order valence-electron chi connectivity index (χ2n) is 4.97. The van der Waals surface area contributed by atoms with Gasteiger partial charge in [0.2, 0.25) is 0 Å². The van der Waals surface area contributed by atoms with Gasteiger partial charge in [-0.25, -0.2) is 9.69 Å². The predicted octanol–water partition coefficient (Wildman–Crippen LogP) is 1.30. The van der Waals surface area contributed by atoms with Gasteiger partial charge >= 0.3 is 6.09 Å². The highest BCUT2D eigenvalue weighted by Crippen LogP contribution is 2.19. The van der Waals surface area contributed by atoms with E-state index >= 15 is 0 Å². The van der Waals surface area contributed by atoms with Crippen molar-refractivity contribution in [3.63, 3.8) is 0 Å². The molecule has 5 nitrogen and oxygen atoms in total. The van der Waals surface area contributed by atoms with Gasteiger partial charge in [0.05, 0.1) is 0 Å². The Morgan fingerprint density at radius 3 is 2.71 bits per heavy atom. The molecular weight excluding hydrogens is 220 g/mol. The molecule has 0 spiro atoms. The van der Waals surface area contributed by atoms with Crippen molar-refractivity contribution < 1.29 is 14.3 Å². The first-order chi connectivity index (χ1) is 7.85. The maximum atomic E-state index is 11.9. The molecule has 1 fully saturated rings. The Labute approximate surface area is 102 Å². The van der Waals surface area contributed by atoms with Crippen LogP contribution >= 0.6 is 0 Å². The van der Waals surface area contributed by atoms with Crippen LogP contribution < -0.4 is 5.32 Å². The molecule has 1 rings (SSSR count). The Hall–Kier alpha value is -1.36. The molecule has 1 aliphatic rings. The Morgan fingerprint density at radius 1 is 1.53 bits per heavy atom. The number of likely N-dealkylation sites (N-methyl/N-ethyl adjacent to an activating group) is 1. The van der Waals surface area contributed by atoms with Crippen LogP contribution in [0.2, 0.25) is 0 Å². The van der Waals surface area contributed by atoms with Crippen LogP contribution in [0.25, 0.3) is 0 Å². The number of imide groups is 1. The third-order valence-corrected chi connectivity index (χ3v) is 2.29. The van der Waals surface area contributed by atoms with Gasteiger partial charge in [0, 0.05) is 18.7 Å². The van der Waals surface area contributed by atoms with E-state index < -0.39 is 11.7 Å². The normalized spacial score (nSPS) is 18.9. The third-order valence-electron chi connectivity index (χ3n) is 2.29. The van der Waals surface area contributed by atoms with Gasteiger partial charge in [0.15, 0.2) is 0 Å². The lowest BCUT2D eigenvalue weighted by Gasteiger charge is -2.23. The fourth-order valence-electron chi connectivity index (χ4n) is 1.52. The third kappa shape index (κ3) is 3.85. The van der Waals surface area contributed by atoms with E-state index in [2.05, 4.69) is 5.32 Å². The van der Waals surface area contributed by atoms with Crippen molar-refractivity contribution in [3.05, 3.63) is 11.6 Å². The summed E-state index contributed by atoms with van der Waals surface area (Å²) in [6.07, 6.45) is 1.85. The highest BCUT2D eigenvalue weighted by Gasteiger charge is 2.33. The summed E-state index contributed by atoms with van der Waals surface area (Å²) in [5.41, 5.74) is 0.0969. The summed E-state index contributed by atoms with van der Waals surface area (Å²) < 4.78 is 5.17. The molecule has 0 radical (unpaired) electrons. The number of hydrogen-bond acceptors (Lipinski definition) is 4. The average Bonchev–Trinajstić information content (AvgIpc) is 2.54. The summed E-state index contributed by atoms with van der Waals surface area (Å²) in [6, 6.07) is 0. The molecular formula is C12H20N2O3. The molecule has 1 saturated heterocycles. The topological polar surface area (TPSA) is 58.6 Å². The van der Waals surface area contributed by atoms with Gasteiger partial charge in [0.1, 0.15) is 5.60 Å². The van der Waals surface area contributed by atoms with Gasteiger partial charge in [-0.05, 0) is 34.2 Å². The minimum Gasteiger partial charge on any atom is -0.443 e. The predicted molar refractivity (Wildman–Crippen MR) is 64.6 cm³/mol. The largest absolute Gasteiger partial charge is 0.443 e. The van der Waals surface area contributed by atoms with Crippen LogP contribution in [0.15, 0.2) is 11.6 Å². The van der Waals surface area contributed by atoms with E-state index in [9.17, 15) is 9.59 Å². The fraction of sp³-hybridized carbons (Fsp3) is 0.667. The number of likely N-dealkylation sites (tertiary alicyclic amines) is 1. The summed E-state index contributed by atoms with van der Waals surface area (Å²) in [4.78, 5) is 24.8. The molecule has 0 aromatic carbocycles. The summed E-state index contributed by atoms with van der Waals surface area (Å²) >= 11 is 0. The lowest BCUT2D eigenvalue weighted by atomic mass is 10.2. The minimum absolute atomic E-state index is 0.241. The zero-order chi connectivity index (χ0) is 13.1. The molecule has 5 heteroatoms. The van der Waals surface area contributed by atoms with Crippen LogP contribution in [0.3, 0.4) is 0 Å². The molecule has 0 aliphatic carbocycles. The molecule has 0 atom stereocenters. The van der Waals surface area contributed by atoms with Crippen molar-refractivity contribution in [2.24, 2.45) is 0 Å². The van der Waals surface area contributed by atoms with E-state index in [1.165, 1.54) is 0 Å². The van der Waals surface area contributed by atoms with Gasteiger partial charge in [-0.15, -0.1) is 0 Å². The van der Waals surface area contributed by atoms with Gasteiger partial charge in [-0.1, -0.05) is 6.08 Å². The van der Waals surface area contributed by atoms with Crippen molar-refractivity contribution in [2.45, 2.75) is 32.8 Å². The van der Waals surface area contributed by atoms with Gasteiger partial charge in [-0.2, -0.15) is 0 Å². The minimum atomic E-state index is -0.575. The fourth-order valence-corrected chi connectivity index (χ4v) is 1.52. The molecule has 96 valence electrons. The molecule has 0 saturated carbocycles. The number of amides is 2. The monoisotopic (exact) mass is 240 g/mol. The van der Waals surface area contributed by atoms with E-state index in [0.717, 1.165) is 4.90 Å². The Kier molecular flexibility index (Phi) is 4.28. The number of nitrogens with zero attached hydrogens (tertiary/aromatic N) is 1. The summed E-state index contributed by atoms with van der Waals surface area (Å²) in [7, 11) is 1.81. The first-order valence-electron chi connectivity index (χ1n) is 5.73. The van der Waals surface area contributed by atoms with E-state index in [4.69, 9.17) is 4.74 Å². The van der Waals surface area contributed by atoms with E-state index in [0.29, 0.717) is 25.1 Å². The number of rotatable bonds is 2. The Morgan fingerprint density at radius 2 is 2.18 bits per heavy atom. The molecule has 1 aliphatic heterocycles. The van der Waals surface area contributed by atoms with E-state index in [-0.39, 0.29) is 5.91 Å². The number of carbonyl (C=O) groups is 2. The van der Waals surface area contributed by atoms with E-state index in [1.54, 1.807) is 20.8 Å². The molecule has 0 aromatic rings.